The Kier molecular flexibility index (Phi) is 6.28. The van der Waals surface area contributed by atoms with Crippen LogP contribution < -0.4 is 10.6 Å². The van der Waals surface area contributed by atoms with Crippen LogP contribution in [0.4, 0.5) is 5.69 Å². The number of carbonyl (C=O) groups is 2. The first-order valence-electron chi connectivity index (χ1n) is 8.60. The van der Waals surface area contributed by atoms with Gasteiger partial charge in [-0.2, -0.15) is 0 Å². The highest BCUT2D eigenvalue weighted by atomic mass is 16.2. The fourth-order valence-electron chi connectivity index (χ4n) is 2.54. The number of pyridine rings is 1. The van der Waals surface area contributed by atoms with Crippen molar-refractivity contribution in [3.63, 3.8) is 0 Å². The molecule has 132 valence electrons. The Morgan fingerprint density at radius 3 is 2.32 bits per heavy atom. The van der Waals surface area contributed by atoms with Crippen LogP contribution in [-0.4, -0.2) is 23.3 Å². The van der Waals surface area contributed by atoms with Crippen molar-refractivity contribution in [2.24, 2.45) is 0 Å². The van der Waals surface area contributed by atoms with Gasteiger partial charge in [0, 0.05) is 12.2 Å². The van der Waals surface area contributed by atoms with Gasteiger partial charge in [-0.05, 0) is 42.5 Å². The number of para-hydroxylation sites is 1. The minimum atomic E-state index is -0.318. The molecule has 0 saturated heterocycles. The average Bonchev–Trinajstić information content (AvgIpc) is 2.61. The molecule has 0 spiro atoms. The van der Waals surface area contributed by atoms with E-state index in [-0.39, 0.29) is 29.1 Å². The van der Waals surface area contributed by atoms with Gasteiger partial charge in [0.15, 0.2) is 0 Å². The number of rotatable bonds is 6. The number of nitrogens with one attached hydrogen (secondary N) is 2. The standard InChI is InChI=1S/C20H25N3O2/c1-5-12-21-19(24)16-10-7-11-17(22-16)20(25)23-18-14(4)8-6-9-15(18)13(2)3/h6-11,13H,5,12H2,1-4H3,(H,21,24)(H,23,25). The number of carbonyl (C=O) groups excluding carboxylic acids is 2. The molecule has 0 fully saturated rings. The molecular formula is C20H25N3O2. The summed E-state index contributed by atoms with van der Waals surface area (Å²) in [7, 11) is 0. The monoisotopic (exact) mass is 339 g/mol. The molecular weight excluding hydrogens is 314 g/mol. The van der Waals surface area contributed by atoms with Gasteiger partial charge in [0.25, 0.3) is 11.8 Å². The second-order valence-corrected chi connectivity index (χ2v) is 6.31. The van der Waals surface area contributed by atoms with Crippen molar-refractivity contribution in [3.8, 4) is 0 Å². The van der Waals surface area contributed by atoms with Crippen LogP contribution in [0.1, 0.15) is 65.2 Å². The van der Waals surface area contributed by atoms with Crippen LogP contribution in [0.3, 0.4) is 0 Å². The number of aryl methyl sites for hydroxylation is 1. The topological polar surface area (TPSA) is 71.1 Å². The van der Waals surface area contributed by atoms with Crippen molar-refractivity contribution in [2.75, 3.05) is 11.9 Å². The van der Waals surface area contributed by atoms with Crippen LogP contribution in [0.5, 0.6) is 0 Å². The van der Waals surface area contributed by atoms with E-state index in [0.717, 1.165) is 23.2 Å². The van der Waals surface area contributed by atoms with Gasteiger partial charge in [0.1, 0.15) is 11.4 Å². The summed E-state index contributed by atoms with van der Waals surface area (Å²) in [5.74, 6) is -0.300. The molecule has 2 aromatic rings. The second kappa shape index (κ2) is 8.42. The van der Waals surface area contributed by atoms with Gasteiger partial charge in [-0.3, -0.25) is 9.59 Å². The van der Waals surface area contributed by atoms with E-state index < -0.39 is 0 Å². The summed E-state index contributed by atoms with van der Waals surface area (Å²) in [6, 6.07) is 10.8. The predicted molar refractivity (Wildman–Crippen MR) is 100 cm³/mol. The zero-order valence-electron chi connectivity index (χ0n) is 15.2. The lowest BCUT2D eigenvalue weighted by Gasteiger charge is -2.16. The summed E-state index contributed by atoms with van der Waals surface area (Å²) in [4.78, 5) is 28.9. The third kappa shape index (κ3) is 4.66. The molecule has 1 heterocycles. The zero-order chi connectivity index (χ0) is 18.4. The van der Waals surface area contributed by atoms with Crippen molar-refractivity contribution in [2.45, 2.75) is 40.0 Å². The maximum Gasteiger partial charge on any atom is 0.274 e. The Hall–Kier alpha value is -2.69. The minimum absolute atomic E-state index is 0.224. The Bertz CT molecular complexity index is 769. The first-order valence-corrected chi connectivity index (χ1v) is 8.60. The molecule has 0 aliphatic carbocycles. The van der Waals surface area contributed by atoms with Gasteiger partial charge in [-0.15, -0.1) is 0 Å². The second-order valence-electron chi connectivity index (χ2n) is 6.31. The SMILES string of the molecule is CCCNC(=O)c1cccc(C(=O)Nc2c(C)cccc2C(C)C)n1. The van der Waals surface area contributed by atoms with E-state index in [0.29, 0.717) is 6.54 Å². The molecule has 5 nitrogen and oxygen atoms in total. The number of aromatic nitrogens is 1. The van der Waals surface area contributed by atoms with Crippen molar-refractivity contribution in [1.29, 1.82) is 0 Å². The Labute approximate surface area is 148 Å². The molecule has 0 saturated carbocycles. The smallest absolute Gasteiger partial charge is 0.274 e. The van der Waals surface area contributed by atoms with Crippen LogP contribution >= 0.6 is 0 Å². The maximum atomic E-state index is 12.6. The number of amides is 2. The summed E-state index contributed by atoms with van der Waals surface area (Å²) < 4.78 is 0. The quantitative estimate of drug-likeness (QED) is 0.838. The molecule has 5 heteroatoms. The van der Waals surface area contributed by atoms with Crippen LogP contribution in [0.2, 0.25) is 0 Å². The lowest BCUT2D eigenvalue weighted by Crippen LogP contribution is -2.26. The fourth-order valence-corrected chi connectivity index (χ4v) is 2.54. The van der Waals surface area contributed by atoms with E-state index in [9.17, 15) is 9.59 Å². The number of hydrogen-bond acceptors (Lipinski definition) is 3. The predicted octanol–water partition coefficient (Wildman–Crippen LogP) is 3.91. The minimum Gasteiger partial charge on any atom is -0.351 e. The van der Waals surface area contributed by atoms with Gasteiger partial charge in [0.05, 0.1) is 0 Å². The third-order valence-electron chi connectivity index (χ3n) is 3.92. The number of benzene rings is 1. The van der Waals surface area contributed by atoms with E-state index >= 15 is 0 Å². The molecule has 0 atom stereocenters. The summed E-state index contributed by atoms with van der Waals surface area (Å²) in [6.45, 7) is 8.69. The van der Waals surface area contributed by atoms with E-state index in [4.69, 9.17) is 0 Å². The summed E-state index contributed by atoms with van der Waals surface area (Å²) in [5.41, 5.74) is 3.35. The number of anilines is 1. The lowest BCUT2D eigenvalue weighted by atomic mass is 9.98. The van der Waals surface area contributed by atoms with Crippen molar-refractivity contribution in [1.82, 2.24) is 10.3 Å². The molecule has 0 radical (unpaired) electrons. The van der Waals surface area contributed by atoms with Crippen LogP contribution in [-0.2, 0) is 0 Å². The Morgan fingerprint density at radius 2 is 1.68 bits per heavy atom. The van der Waals surface area contributed by atoms with Crippen molar-refractivity contribution in [3.05, 3.63) is 58.9 Å². The highest BCUT2D eigenvalue weighted by molar-refractivity contribution is 6.04. The summed E-state index contributed by atoms with van der Waals surface area (Å²) in [5, 5.41) is 5.72. The van der Waals surface area contributed by atoms with Gasteiger partial charge in [0.2, 0.25) is 0 Å². The molecule has 2 amide bonds. The first-order chi connectivity index (χ1) is 11.9. The summed E-state index contributed by atoms with van der Waals surface area (Å²) in [6.07, 6.45) is 0.844. The first kappa shape index (κ1) is 18.6. The zero-order valence-corrected chi connectivity index (χ0v) is 15.2. The molecule has 0 unspecified atom stereocenters. The molecule has 2 N–H and O–H groups in total. The lowest BCUT2D eigenvalue weighted by molar-refractivity contribution is 0.0948. The maximum absolute atomic E-state index is 12.6. The van der Waals surface area contributed by atoms with Crippen LogP contribution in [0.15, 0.2) is 36.4 Å². The van der Waals surface area contributed by atoms with E-state index in [1.54, 1.807) is 18.2 Å². The molecule has 0 aliphatic rings. The Morgan fingerprint density at radius 1 is 1.04 bits per heavy atom. The molecule has 1 aromatic carbocycles. The molecule has 1 aromatic heterocycles. The highest BCUT2D eigenvalue weighted by Crippen LogP contribution is 2.27. The van der Waals surface area contributed by atoms with E-state index in [1.165, 1.54) is 0 Å². The van der Waals surface area contributed by atoms with Gasteiger partial charge in [-0.25, -0.2) is 4.98 Å². The van der Waals surface area contributed by atoms with E-state index in [2.05, 4.69) is 29.5 Å². The van der Waals surface area contributed by atoms with Crippen LogP contribution in [0.25, 0.3) is 0 Å². The third-order valence-corrected chi connectivity index (χ3v) is 3.92. The number of nitrogens with zero attached hydrogens (tertiary/aromatic N) is 1. The van der Waals surface area contributed by atoms with Gasteiger partial charge >= 0.3 is 0 Å². The highest BCUT2D eigenvalue weighted by Gasteiger charge is 2.16. The Balaban J connectivity index is 2.24. The fraction of sp³-hybridized carbons (Fsp3) is 0.350. The number of hydrogen-bond donors (Lipinski definition) is 2. The van der Waals surface area contributed by atoms with E-state index in [1.807, 2.05) is 32.0 Å². The van der Waals surface area contributed by atoms with Crippen molar-refractivity contribution < 1.29 is 9.59 Å². The van der Waals surface area contributed by atoms with Crippen LogP contribution in [0, 0.1) is 6.92 Å². The molecule has 25 heavy (non-hydrogen) atoms. The molecule has 0 bridgehead atoms. The van der Waals surface area contributed by atoms with Crippen molar-refractivity contribution >= 4 is 17.5 Å². The normalized spacial score (nSPS) is 10.6. The largest absolute Gasteiger partial charge is 0.351 e. The van der Waals surface area contributed by atoms with Gasteiger partial charge in [-0.1, -0.05) is 45.0 Å². The van der Waals surface area contributed by atoms with Gasteiger partial charge < -0.3 is 10.6 Å². The summed E-state index contributed by atoms with van der Waals surface area (Å²) >= 11 is 0. The average molecular weight is 339 g/mol. The molecule has 2 rings (SSSR count). The molecule has 0 aliphatic heterocycles.